The Bertz CT molecular complexity index is 1130. The lowest BCUT2D eigenvalue weighted by molar-refractivity contribution is -0.144. The minimum absolute atomic E-state index is 0.111. The normalized spacial score (nSPS) is 16.4. The molecule has 0 saturated carbocycles. The Morgan fingerprint density at radius 3 is 2.39 bits per heavy atom. The SMILES string of the molecule is C=CC1=C(N(N)CC(=O)OCC)CCCC1NS(=O)(=O)c1ccc(-c2ccc(F)cc2)cc1. The molecule has 3 N–H and O–H groups in total. The summed E-state index contributed by atoms with van der Waals surface area (Å²) in [7, 11) is -3.83. The van der Waals surface area contributed by atoms with Crippen molar-refractivity contribution in [3.63, 3.8) is 0 Å². The average Bonchev–Trinajstić information content (AvgIpc) is 2.79. The van der Waals surface area contributed by atoms with Gasteiger partial charge in [0.25, 0.3) is 0 Å². The van der Waals surface area contributed by atoms with Gasteiger partial charge in [-0.15, -0.1) is 0 Å². The first-order chi connectivity index (χ1) is 15.7. The number of sulfonamides is 1. The molecule has 0 spiro atoms. The van der Waals surface area contributed by atoms with E-state index in [9.17, 15) is 17.6 Å². The molecule has 2 aromatic carbocycles. The van der Waals surface area contributed by atoms with Gasteiger partial charge in [-0.05, 0) is 67.2 Å². The van der Waals surface area contributed by atoms with Crippen LogP contribution < -0.4 is 10.6 Å². The summed E-state index contributed by atoms with van der Waals surface area (Å²) in [6.07, 6.45) is 3.44. The van der Waals surface area contributed by atoms with E-state index >= 15 is 0 Å². The van der Waals surface area contributed by atoms with Crippen LogP contribution in [0.25, 0.3) is 11.1 Å². The quantitative estimate of drug-likeness (QED) is 0.328. The van der Waals surface area contributed by atoms with Crippen molar-refractivity contribution in [2.24, 2.45) is 5.84 Å². The fourth-order valence-corrected chi connectivity index (χ4v) is 5.08. The zero-order valence-electron chi connectivity index (χ0n) is 18.5. The number of hydrogen-bond acceptors (Lipinski definition) is 6. The number of carbonyl (C=O) groups is 1. The van der Waals surface area contributed by atoms with Gasteiger partial charge in [0.1, 0.15) is 12.4 Å². The highest BCUT2D eigenvalue weighted by atomic mass is 32.2. The van der Waals surface area contributed by atoms with Crippen LogP contribution in [-0.4, -0.2) is 38.6 Å². The van der Waals surface area contributed by atoms with Gasteiger partial charge < -0.3 is 9.75 Å². The second-order valence-corrected chi connectivity index (χ2v) is 9.35. The number of esters is 1. The molecule has 33 heavy (non-hydrogen) atoms. The van der Waals surface area contributed by atoms with E-state index in [1.165, 1.54) is 29.3 Å². The Labute approximate surface area is 193 Å². The third-order valence-electron chi connectivity index (χ3n) is 5.43. The molecule has 176 valence electrons. The van der Waals surface area contributed by atoms with Gasteiger partial charge in [0, 0.05) is 11.7 Å². The molecule has 3 rings (SSSR count). The summed E-state index contributed by atoms with van der Waals surface area (Å²) in [4.78, 5) is 11.9. The number of nitrogens with one attached hydrogen (secondary N) is 1. The first-order valence-corrected chi connectivity index (χ1v) is 12.1. The molecule has 0 fully saturated rings. The molecule has 1 aliphatic rings. The van der Waals surface area contributed by atoms with Crippen LogP contribution in [0.4, 0.5) is 4.39 Å². The molecule has 7 nitrogen and oxygen atoms in total. The number of hydrazine groups is 1. The molecule has 0 aromatic heterocycles. The Morgan fingerprint density at radius 1 is 1.21 bits per heavy atom. The van der Waals surface area contributed by atoms with Crippen LogP contribution in [0.5, 0.6) is 0 Å². The van der Waals surface area contributed by atoms with Crippen LogP contribution in [0.15, 0.2) is 77.4 Å². The van der Waals surface area contributed by atoms with Crippen molar-refractivity contribution < 1.29 is 22.3 Å². The van der Waals surface area contributed by atoms with E-state index in [0.29, 0.717) is 30.5 Å². The molecule has 2 aromatic rings. The standard InChI is InChI=1S/C24H28FN3O4S/c1-3-21-22(6-5-7-23(21)28(26)16-24(29)32-4-2)27-33(30,31)20-14-10-18(11-15-20)17-8-12-19(25)13-9-17/h3,8-15,22,27H,1,4-7,16,26H2,2H3. The van der Waals surface area contributed by atoms with Crippen molar-refractivity contribution in [1.29, 1.82) is 0 Å². The topological polar surface area (TPSA) is 102 Å². The number of benzene rings is 2. The minimum Gasteiger partial charge on any atom is -0.465 e. The molecule has 1 unspecified atom stereocenters. The largest absolute Gasteiger partial charge is 0.465 e. The molecule has 0 heterocycles. The number of hydrogen-bond donors (Lipinski definition) is 2. The molecule has 0 amide bonds. The van der Waals surface area contributed by atoms with E-state index < -0.39 is 22.0 Å². The third-order valence-corrected chi connectivity index (χ3v) is 6.91. The monoisotopic (exact) mass is 473 g/mol. The fourth-order valence-electron chi connectivity index (χ4n) is 3.83. The smallest absolute Gasteiger partial charge is 0.327 e. The maximum atomic E-state index is 13.1. The zero-order chi connectivity index (χ0) is 24.0. The van der Waals surface area contributed by atoms with Gasteiger partial charge in [-0.2, -0.15) is 0 Å². The fraction of sp³-hybridized carbons (Fsp3) is 0.292. The minimum atomic E-state index is -3.83. The van der Waals surface area contributed by atoms with Crippen molar-refractivity contribution in [3.8, 4) is 11.1 Å². The van der Waals surface area contributed by atoms with Crippen molar-refractivity contribution in [3.05, 3.63) is 78.3 Å². The van der Waals surface area contributed by atoms with Crippen LogP contribution in [0.1, 0.15) is 26.2 Å². The number of nitrogens with two attached hydrogens (primary N) is 1. The molecular formula is C24H28FN3O4S. The summed E-state index contributed by atoms with van der Waals surface area (Å²) < 4.78 is 46.9. The van der Waals surface area contributed by atoms with Crippen LogP contribution in [-0.2, 0) is 19.6 Å². The summed E-state index contributed by atoms with van der Waals surface area (Å²) in [5.41, 5.74) is 2.85. The van der Waals surface area contributed by atoms with Gasteiger partial charge in [0.05, 0.1) is 11.5 Å². The van der Waals surface area contributed by atoms with Crippen molar-refractivity contribution in [2.75, 3.05) is 13.2 Å². The first kappa shape index (κ1) is 24.6. The molecule has 0 saturated heterocycles. The second-order valence-electron chi connectivity index (χ2n) is 7.64. The summed E-state index contributed by atoms with van der Waals surface area (Å²) in [5.74, 6) is 5.30. The molecule has 0 bridgehead atoms. The molecule has 1 atom stereocenters. The summed E-state index contributed by atoms with van der Waals surface area (Å²) in [6, 6.07) is 11.8. The molecular weight excluding hydrogens is 445 g/mol. The van der Waals surface area contributed by atoms with Gasteiger partial charge in [-0.25, -0.2) is 23.4 Å². The van der Waals surface area contributed by atoms with Gasteiger partial charge >= 0.3 is 5.97 Å². The molecule has 0 radical (unpaired) electrons. The maximum absolute atomic E-state index is 13.1. The van der Waals surface area contributed by atoms with E-state index in [1.54, 1.807) is 37.3 Å². The van der Waals surface area contributed by atoms with Crippen LogP contribution in [0.2, 0.25) is 0 Å². The number of ether oxygens (including phenoxy) is 1. The maximum Gasteiger partial charge on any atom is 0.327 e. The lowest BCUT2D eigenvalue weighted by atomic mass is 9.91. The predicted octanol–water partition coefficient (Wildman–Crippen LogP) is 3.50. The van der Waals surface area contributed by atoms with Crippen molar-refractivity contribution >= 4 is 16.0 Å². The van der Waals surface area contributed by atoms with E-state index in [2.05, 4.69) is 11.3 Å². The van der Waals surface area contributed by atoms with Crippen molar-refractivity contribution in [1.82, 2.24) is 9.73 Å². The highest BCUT2D eigenvalue weighted by molar-refractivity contribution is 7.89. The predicted molar refractivity (Wildman–Crippen MR) is 125 cm³/mol. The highest BCUT2D eigenvalue weighted by Gasteiger charge is 2.28. The van der Waals surface area contributed by atoms with E-state index in [0.717, 1.165) is 11.1 Å². The number of halogens is 1. The Morgan fingerprint density at radius 2 is 1.82 bits per heavy atom. The summed E-state index contributed by atoms with van der Waals surface area (Å²) in [5, 5.41) is 1.30. The van der Waals surface area contributed by atoms with Crippen LogP contribution in [0.3, 0.4) is 0 Å². The van der Waals surface area contributed by atoms with Crippen LogP contribution in [0, 0.1) is 5.82 Å². The zero-order valence-corrected chi connectivity index (χ0v) is 19.3. The molecule has 9 heteroatoms. The Kier molecular flexibility index (Phi) is 8.01. The van der Waals surface area contributed by atoms with Crippen LogP contribution >= 0.6 is 0 Å². The summed E-state index contributed by atoms with van der Waals surface area (Å²) in [6.45, 7) is 5.65. The molecule has 0 aliphatic heterocycles. The summed E-state index contributed by atoms with van der Waals surface area (Å²) >= 11 is 0. The lowest BCUT2D eigenvalue weighted by Crippen LogP contribution is -2.43. The number of nitrogens with zero attached hydrogens (tertiary/aromatic N) is 1. The number of rotatable bonds is 9. The molecule has 1 aliphatic carbocycles. The highest BCUT2D eigenvalue weighted by Crippen LogP contribution is 2.29. The Hall–Kier alpha value is -3.01. The van der Waals surface area contributed by atoms with Gasteiger partial charge in [-0.1, -0.05) is 36.9 Å². The lowest BCUT2D eigenvalue weighted by Gasteiger charge is -2.32. The third kappa shape index (κ3) is 6.07. The van der Waals surface area contributed by atoms with Crippen molar-refractivity contribution in [2.45, 2.75) is 37.1 Å². The number of allylic oxidation sites excluding steroid dienone is 1. The van der Waals surface area contributed by atoms with E-state index in [4.69, 9.17) is 10.6 Å². The second kappa shape index (κ2) is 10.7. The van der Waals surface area contributed by atoms with E-state index in [-0.39, 0.29) is 23.9 Å². The number of carbonyl (C=O) groups excluding carboxylic acids is 1. The average molecular weight is 474 g/mol. The Balaban J connectivity index is 1.79. The first-order valence-electron chi connectivity index (χ1n) is 10.7. The van der Waals surface area contributed by atoms with E-state index in [1.807, 2.05) is 0 Å². The van der Waals surface area contributed by atoms with Gasteiger partial charge in [0.2, 0.25) is 10.0 Å². The van der Waals surface area contributed by atoms with Gasteiger partial charge in [0.15, 0.2) is 0 Å². The van der Waals surface area contributed by atoms with Gasteiger partial charge in [-0.3, -0.25) is 4.79 Å².